The second-order valence-corrected chi connectivity index (χ2v) is 8.21. The van der Waals surface area contributed by atoms with Gasteiger partial charge >= 0.3 is 18.2 Å². The zero-order valence-corrected chi connectivity index (χ0v) is 20.6. The van der Waals surface area contributed by atoms with Crippen LogP contribution in [0.2, 0.25) is 0 Å². The third kappa shape index (κ3) is 14.5. The molecule has 7 nitrogen and oxygen atoms in total. The van der Waals surface area contributed by atoms with Crippen molar-refractivity contribution in [3.63, 3.8) is 0 Å². The van der Waals surface area contributed by atoms with E-state index in [4.69, 9.17) is 14.2 Å². The molecule has 0 radical (unpaired) electrons. The summed E-state index contributed by atoms with van der Waals surface area (Å²) in [4.78, 5) is 25.2. The fourth-order valence-corrected chi connectivity index (χ4v) is 3.30. The van der Waals surface area contributed by atoms with Crippen molar-refractivity contribution in [1.29, 1.82) is 0 Å². The lowest BCUT2D eigenvalue weighted by molar-refractivity contribution is -0.150. The van der Waals surface area contributed by atoms with Gasteiger partial charge in [-0.2, -0.15) is 13.2 Å². The number of rotatable bonds is 18. The van der Waals surface area contributed by atoms with Crippen LogP contribution in [0, 0.1) is 0 Å². The molecule has 0 aliphatic heterocycles. The molecule has 0 saturated heterocycles. The number of carbonyl (C=O) groups is 2. The Bertz CT molecular complexity index is 727. The first-order valence-electron chi connectivity index (χ1n) is 12.2. The maximum atomic E-state index is 12.4. The molecule has 1 atom stereocenters. The summed E-state index contributed by atoms with van der Waals surface area (Å²) in [7, 11) is 0. The standard InChI is InChI=1S/C25H38F3NO6/c1-3-5-17-35-24(32)29(15-9-7-6-8-14-25(26,27)28)16-18-34-21-12-10-20(11-13-21)19-22(23(30)31)33-4-2/h10-13,22H,3-9,14-19H2,1-2H3,(H,30,31). The number of carboxylic acids is 1. The Morgan fingerprint density at radius 2 is 1.66 bits per heavy atom. The van der Waals surface area contributed by atoms with Crippen LogP contribution in [-0.4, -0.2) is 67.3 Å². The van der Waals surface area contributed by atoms with Crippen molar-refractivity contribution in [1.82, 2.24) is 4.90 Å². The van der Waals surface area contributed by atoms with Gasteiger partial charge < -0.3 is 24.2 Å². The first-order chi connectivity index (χ1) is 16.7. The maximum absolute atomic E-state index is 12.4. The van der Waals surface area contributed by atoms with Gasteiger partial charge in [0.2, 0.25) is 0 Å². The van der Waals surface area contributed by atoms with Crippen LogP contribution < -0.4 is 4.74 Å². The molecule has 1 amide bonds. The van der Waals surface area contributed by atoms with Crippen LogP contribution >= 0.6 is 0 Å². The summed E-state index contributed by atoms with van der Waals surface area (Å²) in [5, 5.41) is 9.20. The average molecular weight is 506 g/mol. The molecule has 35 heavy (non-hydrogen) atoms. The molecule has 1 aromatic carbocycles. The van der Waals surface area contributed by atoms with E-state index in [0.29, 0.717) is 44.8 Å². The van der Waals surface area contributed by atoms with Gasteiger partial charge in [0.05, 0.1) is 13.2 Å². The van der Waals surface area contributed by atoms with Crippen LogP contribution in [0.15, 0.2) is 24.3 Å². The number of unbranched alkanes of at least 4 members (excludes halogenated alkanes) is 4. The number of hydrogen-bond donors (Lipinski definition) is 1. The lowest BCUT2D eigenvalue weighted by Crippen LogP contribution is -2.36. The van der Waals surface area contributed by atoms with Crippen LogP contribution in [0.3, 0.4) is 0 Å². The van der Waals surface area contributed by atoms with Gasteiger partial charge in [-0.15, -0.1) is 0 Å². The van der Waals surface area contributed by atoms with Gasteiger partial charge in [0, 0.05) is 26.0 Å². The lowest BCUT2D eigenvalue weighted by Gasteiger charge is -2.22. The smallest absolute Gasteiger partial charge is 0.409 e. The van der Waals surface area contributed by atoms with Crippen LogP contribution in [0.5, 0.6) is 5.75 Å². The monoisotopic (exact) mass is 505 g/mol. The number of amides is 1. The van der Waals surface area contributed by atoms with Crippen molar-refractivity contribution >= 4 is 12.1 Å². The van der Waals surface area contributed by atoms with Gasteiger partial charge in [-0.25, -0.2) is 9.59 Å². The molecule has 10 heteroatoms. The number of aliphatic carboxylic acids is 1. The van der Waals surface area contributed by atoms with Gasteiger partial charge in [-0.3, -0.25) is 0 Å². The minimum absolute atomic E-state index is 0.0847. The van der Waals surface area contributed by atoms with Gasteiger partial charge in [-0.1, -0.05) is 38.3 Å². The molecule has 0 aromatic heterocycles. The molecule has 0 bridgehead atoms. The Morgan fingerprint density at radius 1 is 0.971 bits per heavy atom. The molecule has 1 rings (SSSR count). The molecule has 1 unspecified atom stereocenters. The molecule has 0 heterocycles. The third-order valence-corrected chi connectivity index (χ3v) is 5.24. The molecular formula is C25H38F3NO6. The second kappa shape index (κ2) is 17.0. The van der Waals surface area contributed by atoms with Crippen molar-refractivity contribution in [2.24, 2.45) is 0 Å². The molecule has 0 aliphatic rings. The molecule has 200 valence electrons. The summed E-state index contributed by atoms with van der Waals surface area (Å²) in [6.45, 7) is 5.23. The molecule has 0 saturated carbocycles. The van der Waals surface area contributed by atoms with Crippen LogP contribution in [0.25, 0.3) is 0 Å². The van der Waals surface area contributed by atoms with Crippen LogP contribution in [-0.2, 0) is 20.7 Å². The highest BCUT2D eigenvalue weighted by atomic mass is 19.4. The Labute approximate surface area is 205 Å². The first kappa shape index (κ1) is 30.5. The molecule has 0 aliphatic carbocycles. The Kier molecular flexibility index (Phi) is 14.9. The maximum Gasteiger partial charge on any atom is 0.409 e. The number of alkyl halides is 3. The zero-order chi connectivity index (χ0) is 26.1. The van der Waals surface area contributed by atoms with E-state index in [2.05, 4.69) is 0 Å². The average Bonchev–Trinajstić information content (AvgIpc) is 2.80. The van der Waals surface area contributed by atoms with E-state index in [1.54, 1.807) is 31.2 Å². The molecule has 0 fully saturated rings. The molecule has 1 aromatic rings. The first-order valence-corrected chi connectivity index (χ1v) is 12.2. The minimum atomic E-state index is -4.13. The second-order valence-electron chi connectivity index (χ2n) is 8.21. The summed E-state index contributed by atoms with van der Waals surface area (Å²) in [6, 6.07) is 6.99. The number of ether oxygens (including phenoxy) is 3. The normalized spacial score (nSPS) is 12.3. The SMILES string of the molecule is CCCCOC(=O)N(CCCCCCC(F)(F)F)CCOc1ccc(CC(OCC)C(=O)O)cc1. The van der Waals surface area contributed by atoms with Gasteiger partial charge in [-0.05, 0) is 43.9 Å². The highest BCUT2D eigenvalue weighted by Crippen LogP contribution is 2.23. The van der Waals surface area contributed by atoms with Crippen LogP contribution in [0.4, 0.5) is 18.0 Å². The number of halogens is 3. The fraction of sp³-hybridized carbons (Fsp3) is 0.680. The topological polar surface area (TPSA) is 85.3 Å². The van der Waals surface area contributed by atoms with Crippen molar-refractivity contribution in [3.8, 4) is 5.75 Å². The van der Waals surface area contributed by atoms with Crippen molar-refractivity contribution in [2.45, 2.75) is 77.5 Å². The van der Waals surface area contributed by atoms with Crippen molar-refractivity contribution in [2.75, 3.05) is 32.9 Å². The number of carbonyl (C=O) groups excluding carboxylic acids is 1. The van der Waals surface area contributed by atoms with E-state index in [-0.39, 0.29) is 26.0 Å². The zero-order valence-electron chi connectivity index (χ0n) is 20.6. The molecular weight excluding hydrogens is 467 g/mol. The summed E-state index contributed by atoms with van der Waals surface area (Å²) in [5.74, 6) is -0.443. The van der Waals surface area contributed by atoms with E-state index in [1.807, 2.05) is 6.92 Å². The van der Waals surface area contributed by atoms with Gasteiger partial charge in [0.15, 0.2) is 6.10 Å². The highest BCUT2D eigenvalue weighted by molar-refractivity contribution is 5.72. The summed E-state index contributed by atoms with van der Waals surface area (Å²) < 4.78 is 53.0. The summed E-state index contributed by atoms with van der Waals surface area (Å²) in [6.07, 6.45) is -2.68. The summed E-state index contributed by atoms with van der Waals surface area (Å²) >= 11 is 0. The number of nitrogens with zero attached hydrogens (tertiary/aromatic N) is 1. The lowest BCUT2D eigenvalue weighted by atomic mass is 10.1. The van der Waals surface area contributed by atoms with Gasteiger partial charge in [0.1, 0.15) is 12.4 Å². The largest absolute Gasteiger partial charge is 0.492 e. The van der Waals surface area contributed by atoms with E-state index in [1.165, 1.54) is 4.90 Å². The Morgan fingerprint density at radius 3 is 2.26 bits per heavy atom. The van der Waals surface area contributed by atoms with Crippen molar-refractivity contribution < 1.29 is 42.1 Å². The quantitative estimate of drug-likeness (QED) is 0.252. The van der Waals surface area contributed by atoms with Crippen molar-refractivity contribution in [3.05, 3.63) is 29.8 Å². The predicted octanol–water partition coefficient (Wildman–Crippen LogP) is 5.85. The minimum Gasteiger partial charge on any atom is -0.492 e. The third-order valence-electron chi connectivity index (χ3n) is 5.24. The van der Waals surface area contributed by atoms with E-state index < -0.39 is 30.8 Å². The number of hydrogen-bond acceptors (Lipinski definition) is 5. The molecule has 1 N–H and O–H groups in total. The predicted molar refractivity (Wildman–Crippen MR) is 126 cm³/mol. The van der Waals surface area contributed by atoms with Gasteiger partial charge in [0.25, 0.3) is 0 Å². The van der Waals surface area contributed by atoms with E-state index >= 15 is 0 Å². The fourth-order valence-electron chi connectivity index (χ4n) is 3.30. The number of carboxylic acid groups (broad SMARTS) is 1. The van der Waals surface area contributed by atoms with Crippen LogP contribution in [0.1, 0.15) is 64.4 Å². The van der Waals surface area contributed by atoms with E-state index in [0.717, 1.165) is 18.4 Å². The Balaban J connectivity index is 2.51. The number of benzene rings is 1. The Hall–Kier alpha value is -2.49. The summed E-state index contributed by atoms with van der Waals surface area (Å²) in [5.41, 5.74) is 0.796. The molecule has 0 spiro atoms. The highest BCUT2D eigenvalue weighted by Gasteiger charge is 2.25. The van der Waals surface area contributed by atoms with E-state index in [9.17, 15) is 27.9 Å².